The second kappa shape index (κ2) is 3.71. The van der Waals surface area contributed by atoms with E-state index in [1.165, 1.54) is 0 Å². The van der Waals surface area contributed by atoms with Gasteiger partial charge in [0.05, 0.1) is 0 Å². The van der Waals surface area contributed by atoms with Gasteiger partial charge < -0.3 is 10.5 Å². The van der Waals surface area contributed by atoms with Crippen molar-refractivity contribution in [1.29, 1.82) is 0 Å². The summed E-state index contributed by atoms with van der Waals surface area (Å²) in [5.41, 5.74) is 5.70. The molecule has 0 aromatic rings. The van der Waals surface area contributed by atoms with Crippen molar-refractivity contribution in [2.45, 2.75) is 38.1 Å². The largest absolute Gasteiger partial charge is 0.328 e. The lowest BCUT2D eigenvalue weighted by molar-refractivity contribution is -0.108. The molecule has 0 amide bonds. The zero-order valence-electron chi connectivity index (χ0n) is 6.25. The fourth-order valence-electron chi connectivity index (χ4n) is 1.56. The van der Waals surface area contributed by atoms with E-state index in [-0.39, 0.29) is 0 Å². The third-order valence-corrected chi connectivity index (χ3v) is 2.32. The van der Waals surface area contributed by atoms with Crippen LogP contribution in [0.1, 0.15) is 32.1 Å². The van der Waals surface area contributed by atoms with Crippen molar-refractivity contribution in [2.24, 2.45) is 11.7 Å². The molecule has 1 aliphatic rings. The highest BCUT2D eigenvalue weighted by molar-refractivity contribution is 5.49. The molecular weight excluding hydrogens is 126 g/mol. The van der Waals surface area contributed by atoms with E-state index >= 15 is 0 Å². The number of hydrogen-bond acceptors (Lipinski definition) is 2. The summed E-state index contributed by atoms with van der Waals surface area (Å²) in [7, 11) is 0. The highest BCUT2D eigenvalue weighted by Crippen LogP contribution is 2.24. The molecule has 58 valence electrons. The zero-order chi connectivity index (χ0) is 7.40. The van der Waals surface area contributed by atoms with Crippen LogP contribution >= 0.6 is 0 Å². The molecule has 0 atom stereocenters. The van der Waals surface area contributed by atoms with E-state index in [1.807, 2.05) is 0 Å². The maximum Gasteiger partial charge on any atom is 0.120 e. The summed E-state index contributed by atoms with van der Waals surface area (Å²) in [6.07, 6.45) is 6.30. The zero-order valence-corrected chi connectivity index (χ0v) is 6.25. The number of carbonyl (C=O) groups excluding carboxylic acids is 1. The summed E-state index contributed by atoms with van der Waals surface area (Å²) in [5, 5.41) is 0. The molecule has 10 heavy (non-hydrogen) atoms. The molecular formula is C8H15NO. The van der Waals surface area contributed by atoms with Crippen molar-refractivity contribution in [3.05, 3.63) is 0 Å². The van der Waals surface area contributed by atoms with Gasteiger partial charge in [0.1, 0.15) is 6.29 Å². The monoisotopic (exact) mass is 141 g/mol. The Bertz CT molecular complexity index is 106. The Morgan fingerprint density at radius 1 is 1.30 bits per heavy atom. The van der Waals surface area contributed by atoms with Crippen molar-refractivity contribution in [2.75, 3.05) is 0 Å². The van der Waals surface area contributed by atoms with E-state index in [4.69, 9.17) is 5.73 Å². The maximum absolute atomic E-state index is 10.1. The first-order valence-corrected chi connectivity index (χ1v) is 4.02. The van der Waals surface area contributed by atoms with Gasteiger partial charge in [0.15, 0.2) is 0 Å². The van der Waals surface area contributed by atoms with Crippen LogP contribution in [0.5, 0.6) is 0 Å². The molecule has 0 radical (unpaired) electrons. The number of aldehydes is 1. The Hall–Kier alpha value is -0.370. The van der Waals surface area contributed by atoms with Gasteiger partial charge in [-0.1, -0.05) is 0 Å². The van der Waals surface area contributed by atoms with Crippen molar-refractivity contribution in [1.82, 2.24) is 0 Å². The molecule has 1 fully saturated rings. The van der Waals surface area contributed by atoms with Gasteiger partial charge in [-0.05, 0) is 31.6 Å². The van der Waals surface area contributed by atoms with Crippen LogP contribution in [0.4, 0.5) is 0 Å². The Morgan fingerprint density at radius 3 is 2.40 bits per heavy atom. The number of hydrogen-bond donors (Lipinski definition) is 1. The molecule has 0 bridgehead atoms. The van der Waals surface area contributed by atoms with Gasteiger partial charge in [0.2, 0.25) is 0 Å². The molecule has 1 saturated carbocycles. The van der Waals surface area contributed by atoms with Gasteiger partial charge in [0, 0.05) is 12.5 Å². The minimum absolute atomic E-state index is 0.405. The molecule has 2 nitrogen and oxygen atoms in total. The average Bonchev–Trinajstić information content (AvgIpc) is 1.95. The molecule has 0 heterocycles. The van der Waals surface area contributed by atoms with E-state index in [9.17, 15) is 4.79 Å². The third kappa shape index (κ3) is 2.10. The van der Waals surface area contributed by atoms with Gasteiger partial charge >= 0.3 is 0 Å². The SMILES string of the molecule is N[C@H]1CC[C@@H](CC=O)CC1. The van der Waals surface area contributed by atoms with Crippen LogP contribution in [-0.4, -0.2) is 12.3 Å². The molecule has 0 aromatic carbocycles. The Morgan fingerprint density at radius 2 is 1.90 bits per heavy atom. The van der Waals surface area contributed by atoms with Crippen molar-refractivity contribution < 1.29 is 4.79 Å². The van der Waals surface area contributed by atoms with Gasteiger partial charge in [-0.3, -0.25) is 0 Å². The third-order valence-electron chi connectivity index (χ3n) is 2.32. The molecule has 2 heteroatoms. The summed E-state index contributed by atoms with van der Waals surface area (Å²) < 4.78 is 0. The summed E-state index contributed by atoms with van der Waals surface area (Å²) in [5.74, 6) is 0.636. The van der Waals surface area contributed by atoms with Crippen LogP contribution in [0, 0.1) is 5.92 Å². The van der Waals surface area contributed by atoms with Crippen LogP contribution in [-0.2, 0) is 4.79 Å². The highest BCUT2D eigenvalue weighted by atomic mass is 16.1. The smallest absolute Gasteiger partial charge is 0.120 e. The lowest BCUT2D eigenvalue weighted by Crippen LogP contribution is -2.26. The second-order valence-corrected chi connectivity index (χ2v) is 3.18. The van der Waals surface area contributed by atoms with Crippen LogP contribution in [0.15, 0.2) is 0 Å². The van der Waals surface area contributed by atoms with Crippen LogP contribution < -0.4 is 5.73 Å². The molecule has 1 aliphatic carbocycles. The highest BCUT2D eigenvalue weighted by Gasteiger charge is 2.17. The van der Waals surface area contributed by atoms with Crippen LogP contribution in [0.25, 0.3) is 0 Å². The minimum atomic E-state index is 0.405. The predicted molar refractivity (Wildman–Crippen MR) is 40.6 cm³/mol. The number of carbonyl (C=O) groups is 1. The summed E-state index contributed by atoms with van der Waals surface area (Å²) in [4.78, 5) is 10.1. The van der Waals surface area contributed by atoms with E-state index < -0.39 is 0 Å². The lowest BCUT2D eigenvalue weighted by atomic mass is 9.85. The topological polar surface area (TPSA) is 43.1 Å². The average molecular weight is 141 g/mol. The van der Waals surface area contributed by atoms with Crippen molar-refractivity contribution in [3.63, 3.8) is 0 Å². The second-order valence-electron chi connectivity index (χ2n) is 3.18. The fraction of sp³-hybridized carbons (Fsp3) is 0.875. The van der Waals surface area contributed by atoms with Crippen molar-refractivity contribution in [3.8, 4) is 0 Å². The van der Waals surface area contributed by atoms with E-state index in [0.29, 0.717) is 12.0 Å². The molecule has 0 unspecified atom stereocenters. The predicted octanol–water partition coefficient (Wildman–Crippen LogP) is 1.09. The van der Waals surface area contributed by atoms with Crippen LogP contribution in [0.2, 0.25) is 0 Å². The normalized spacial score (nSPS) is 33.7. The van der Waals surface area contributed by atoms with Crippen molar-refractivity contribution >= 4 is 6.29 Å². The molecule has 0 saturated heterocycles. The minimum Gasteiger partial charge on any atom is -0.328 e. The Labute approximate surface area is 61.8 Å². The first kappa shape index (κ1) is 7.73. The first-order valence-electron chi connectivity index (χ1n) is 4.02. The quantitative estimate of drug-likeness (QED) is 0.585. The molecule has 0 aromatic heterocycles. The van der Waals surface area contributed by atoms with Gasteiger partial charge in [0.25, 0.3) is 0 Å². The number of rotatable bonds is 2. The van der Waals surface area contributed by atoms with Crippen LogP contribution in [0.3, 0.4) is 0 Å². The molecule has 2 N–H and O–H groups in total. The summed E-state index contributed by atoms with van der Waals surface area (Å²) in [6, 6.07) is 0.405. The lowest BCUT2D eigenvalue weighted by Gasteiger charge is -2.24. The summed E-state index contributed by atoms with van der Waals surface area (Å²) >= 11 is 0. The Balaban J connectivity index is 2.19. The van der Waals surface area contributed by atoms with Gasteiger partial charge in [-0.15, -0.1) is 0 Å². The number of nitrogens with two attached hydrogens (primary N) is 1. The molecule has 0 aliphatic heterocycles. The van der Waals surface area contributed by atoms with E-state index in [0.717, 1.165) is 38.4 Å². The van der Waals surface area contributed by atoms with Gasteiger partial charge in [-0.2, -0.15) is 0 Å². The molecule has 1 rings (SSSR count). The fourth-order valence-corrected chi connectivity index (χ4v) is 1.56. The summed E-state index contributed by atoms with van der Waals surface area (Å²) in [6.45, 7) is 0. The van der Waals surface area contributed by atoms with Gasteiger partial charge in [-0.25, -0.2) is 0 Å². The van der Waals surface area contributed by atoms with E-state index in [1.54, 1.807) is 0 Å². The Kier molecular flexibility index (Phi) is 2.87. The molecule has 0 spiro atoms. The maximum atomic E-state index is 10.1. The van der Waals surface area contributed by atoms with E-state index in [2.05, 4.69) is 0 Å². The standard InChI is InChI=1S/C8H15NO/c9-8-3-1-7(2-4-8)5-6-10/h6-8H,1-5,9H2/t7-,8+. The first-order chi connectivity index (χ1) is 4.83.